The van der Waals surface area contributed by atoms with Gasteiger partial charge in [0.2, 0.25) is 0 Å². The number of carbonyl (C=O) groups is 2. The molecule has 0 heterocycles. The predicted octanol–water partition coefficient (Wildman–Crippen LogP) is 2.07. The summed E-state index contributed by atoms with van der Waals surface area (Å²) in [7, 11) is 1.60. The maximum Gasteiger partial charge on any atom is 0.335 e. The fourth-order valence-corrected chi connectivity index (χ4v) is 1.88. The van der Waals surface area contributed by atoms with Crippen molar-refractivity contribution in [2.45, 2.75) is 19.4 Å². The molecule has 0 saturated carbocycles. The number of carboxylic acids is 1. The summed E-state index contributed by atoms with van der Waals surface area (Å²) in [6.45, 7) is 2.67. The zero-order valence-electron chi connectivity index (χ0n) is 11.9. The summed E-state index contributed by atoms with van der Waals surface area (Å²) in [5.41, 5.74) is 0.0981. The van der Waals surface area contributed by atoms with Crippen LogP contribution in [0.25, 0.3) is 0 Å². The largest absolute Gasteiger partial charge is 0.480 e. The van der Waals surface area contributed by atoms with Crippen molar-refractivity contribution in [1.82, 2.24) is 5.32 Å². The second-order valence-electron chi connectivity index (χ2n) is 4.35. The van der Waals surface area contributed by atoms with Crippen LogP contribution >= 0.6 is 15.9 Å². The van der Waals surface area contributed by atoms with Crippen molar-refractivity contribution in [3.63, 3.8) is 0 Å². The van der Waals surface area contributed by atoms with E-state index >= 15 is 0 Å². The van der Waals surface area contributed by atoms with E-state index in [-0.39, 0.29) is 11.5 Å². The molecule has 1 aromatic rings. The fourth-order valence-electron chi connectivity index (χ4n) is 1.54. The summed E-state index contributed by atoms with van der Waals surface area (Å²) in [4.78, 5) is 22.8. The van der Waals surface area contributed by atoms with Crippen LogP contribution in [0.1, 0.15) is 23.7 Å². The van der Waals surface area contributed by atoms with Gasteiger partial charge in [0.1, 0.15) is 5.75 Å². The standard InChI is InChI=1S/C14H18BrNO5/c1-9(13(17)16-6-3-7-20-2)21-12-8-10(14(18)19)4-5-11(12)15/h4-5,8-9H,3,6-7H2,1-2H3,(H,16,17)(H,18,19). The minimum absolute atomic E-state index is 0.0981. The fraction of sp³-hybridized carbons (Fsp3) is 0.429. The molecular formula is C14H18BrNO5. The molecule has 6 nitrogen and oxygen atoms in total. The van der Waals surface area contributed by atoms with E-state index in [2.05, 4.69) is 21.2 Å². The number of aromatic carboxylic acids is 1. The molecular weight excluding hydrogens is 342 g/mol. The normalized spacial score (nSPS) is 11.8. The highest BCUT2D eigenvalue weighted by Crippen LogP contribution is 2.27. The van der Waals surface area contributed by atoms with Gasteiger partial charge in [-0.1, -0.05) is 0 Å². The van der Waals surface area contributed by atoms with E-state index in [0.29, 0.717) is 29.8 Å². The Bertz CT molecular complexity index is 506. The number of ether oxygens (including phenoxy) is 2. The van der Waals surface area contributed by atoms with E-state index in [1.165, 1.54) is 12.1 Å². The molecule has 0 aliphatic rings. The lowest BCUT2D eigenvalue weighted by atomic mass is 10.2. The Labute approximate surface area is 131 Å². The van der Waals surface area contributed by atoms with Gasteiger partial charge < -0.3 is 19.9 Å². The number of nitrogens with one attached hydrogen (secondary N) is 1. The van der Waals surface area contributed by atoms with Crippen molar-refractivity contribution in [2.24, 2.45) is 0 Å². The van der Waals surface area contributed by atoms with Crippen LogP contribution < -0.4 is 10.1 Å². The van der Waals surface area contributed by atoms with Crippen LogP contribution in [-0.2, 0) is 9.53 Å². The SMILES string of the molecule is COCCCNC(=O)C(C)Oc1cc(C(=O)O)ccc1Br. The molecule has 0 radical (unpaired) electrons. The summed E-state index contributed by atoms with van der Waals surface area (Å²) >= 11 is 3.26. The summed E-state index contributed by atoms with van der Waals surface area (Å²) in [5, 5.41) is 11.7. The van der Waals surface area contributed by atoms with Crippen LogP contribution in [0.3, 0.4) is 0 Å². The third-order valence-electron chi connectivity index (χ3n) is 2.68. The molecule has 2 N–H and O–H groups in total. The van der Waals surface area contributed by atoms with Crippen molar-refractivity contribution >= 4 is 27.8 Å². The molecule has 1 atom stereocenters. The maximum atomic E-state index is 11.8. The highest BCUT2D eigenvalue weighted by molar-refractivity contribution is 9.10. The lowest BCUT2D eigenvalue weighted by molar-refractivity contribution is -0.127. The van der Waals surface area contributed by atoms with Crippen molar-refractivity contribution in [1.29, 1.82) is 0 Å². The molecule has 0 bridgehead atoms. The Morgan fingerprint density at radius 3 is 2.76 bits per heavy atom. The van der Waals surface area contributed by atoms with Crippen molar-refractivity contribution in [3.8, 4) is 5.75 Å². The van der Waals surface area contributed by atoms with E-state index in [4.69, 9.17) is 14.6 Å². The van der Waals surface area contributed by atoms with Crippen LogP contribution in [0.15, 0.2) is 22.7 Å². The van der Waals surface area contributed by atoms with Crippen molar-refractivity contribution < 1.29 is 24.2 Å². The van der Waals surface area contributed by atoms with Gasteiger partial charge in [-0.05, 0) is 47.5 Å². The zero-order valence-corrected chi connectivity index (χ0v) is 13.5. The molecule has 0 spiro atoms. The molecule has 0 saturated heterocycles. The number of halogens is 1. The predicted molar refractivity (Wildman–Crippen MR) is 80.7 cm³/mol. The first-order valence-corrected chi connectivity index (χ1v) is 7.21. The Balaban J connectivity index is 2.61. The first kappa shape index (κ1) is 17.5. The molecule has 7 heteroatoms. The van der Waals surface area contributed by atoms with Crippen LogP contribution in [0, 0.1) is 0 Å². The number of carbonyl (C=O) groups excluding carboxylic acids is 1. The smallest absolute Gasteiger partial charge is 0.335 e. The third-order valence-corrected chi connectivity index (χ3v) is 3.33. The molecule has 1 amide bonds. The number of hydrogen-bond donors (Lipinski definition) is 2. The molecule has 0 aliphatic heterocycles. The molecule has 0 fully saturated rings. The van der Waals surface area contributed by atoms with Gasteiger partial charge in [0.05, 0.1) is 10.0 Å². The quantitative estimate of drug-likeness (QED) is 0.694. The number of rotatable bonds is 8. The molecule has 0 aliphatic carbocycles. The van der Waals surface area contributed by atoms with Crippen molar-refractivity contribution in [3.05, 3.63) is 28.2 Å². The minimum Gasteiger partial charge on any atom is -0.480 e. The number of carboxylic acid groups (broad SMARTS) is 1. The maximum absolute atomic E-state index is 11.8. The average Bonchev–Trinajstić information content (AvgIpc) is 2.45. The van der Waals surface area contributed by atoms with Gasteiger partial charge in [-0.25, -0.2) is 4.79 Å². The first-order chi connectivity index (χ1) is 9.95. The molecule has 116 valence electrons. The van der Waals surface area contributed by atoms with Gasteiger partial charge in [-0.15, -0.1) is 0 Å². The Hall–Kier alpha value is -1.60. The van der Waals surface area contributed by atoms with Crippen LogP contribution in [-0.4, -0.2) is 43.3 Å². The van der Waals surface area contributed by atoms with E-state index in [9.17, 15) is 9.59 Å². The van der Waals surface area contributed by atoms with Gasteiger partial charge in [-0.3, -0.25) is 4.79 Å². The summed E-state index contributed by atoms with van der Waals surface area (Å²) < 4.78 is 11.0. The molecule has 1 unspecified atom stereocenters. The van der Waals surface area contributed by atoms with Crippen LogP contribution in [0.5, 0.6) is 5.75 Å². The van der Waals surface area contributed by atoms with Crippen LogP contribution in [0.4, 0.5) is 0 Å². The van der Waals surface area contributed by atoms with E-state index in [1.54, 1.807) is 20.1 Å². The first-order valence-electron chi connectivity index (χ1n) is 6.42. The topological polar surface area (TPSA) is 84.9 Å². The highest BCUT2D eigenvalue weighted by atomic mass is 79.9. The summed E-state index contributed by atoms with van der Waals surface area (Å²) in [6, 6.07) is 4.40. The Morgan fingerprint density at radius 1 is 1.43 bits per heavy atom. The molecule has 1 rings (SSSR count). The number of hydrogen-bond acceptors (Lipinski definition) is 4. The average molecular weight is 360 g/mol. The van der Waals surface area contributed by atoms with Crippen molar-refractivity contribution in [2.75, 3.05) is 20.3 Å². The van der Waals surface area contributed by atoms with Gasteiger partial charge in [0.15, 0.2) is 6.10 Å². The summed E-state index contributed by atoms with van der Waals surface area (Å²) in [5.74, 6) is -1.00. The zero-order chi connectivity index (χ0) is 15.8. The van der Waals surface area contributed by atoms with Gasteiger partial charge in [0, 0.05) is 20.3 Å². The Kier molecular flexibility index (Phi) is 7.18. The lowest BCUT2D eigenvalue weighted by Crippen LogP contribution is -2.37. The second-order valence-corrected chi connectivity index (χ2v) is 5.20. The molecule has 21 heavy (non-hydrogen) atoms. The van der Waals surface area contributed by atoms with Gasteiger partial charge in [0.25, 0.3) is 5.91 Å². The lowest BCUT2D eigenvalue weighted by Gasteiger charge is -2.16. The van der Waals surface area contributed by atoms with E-state index < -0.39 is 12.1 Å². The van der Waals surface area contributed by atoms with E-state index in [1.807, 2.05) is 0 Å². The Morgan fingerprint density at radius 2 is 2.14 bits per heavy atom. The van der Waals surface area contributed by atoms with Gasteiger partial charge >= 0.3 is 5.97 Å². The second kappa shape index (κ2) is 8.63. The highest BCUT2D eigenvalue weighted by Gasteiger charge is 2.16. The van der Waals surface area contributed by atoms with E-state index in [0.717, 1.165) is 0 Å². The minimum atomic E-state index is -1.05. The number of amides is 1. The monoisotopic (exact) mass is 359 g/mol. The number of benzene rings is 1. The third kappa shape index (κ3) is 5.73. The number of methoxy groups -OCH3 is 1. The summed E-state index contributed by atoms with van der Waals surface area (Å²) in [6.07, 6.45) is -0.0134. The molecule has 0 aromatic heterocycles. The van der Waals surface area contributed by atoms with Gasteiger partial charge in [-0.2, -0.15) is 0 Å². The van der Waals surface area contributed by atoms with Crippen LogP contribution in [0.2, 0.25) is 0 Å². The molecule has 1 aromatic carbocycles.